The fraction of sp³-hybridized carbons (Fsp3) is 0.269. The van der Waals surface area contributed by atoms with E-state index in [2.05, 4.69) is 18.0 Å². The quantitative estimate of drug-likeness (QED) is 0.343. The molecule has 0 spiro atoms. The number of hydrogen-bond acceptors (Lipinski definition) is 4. The minimum atomic E-state index is -0.373. The topological polar surface area (TPSA) is 63.0 Å². The molecule has 0 amide bonds. The van der Waals surface area contributed by atoms with Crippen molar-refractivity contribution in [1.82, 2.24) is 4.98 Å². The Bertz CT molecular complexity index is 985. The smallest absolute Gasteiger partial charge is 0.343 e. The van der Waals surface area contributed by atoms with Gasteiger partial charge in [-0.25, -0.2) is 4.79 Å². The van der Waals surface area contributed by atoms with Gasteiger partial charge in [0.2, 0.25) is 0 Å². The molecular weight excluding hydrogens is 372 g/mol. The fourth-order valence-corrected chi connectivity index (χ4v) is 3.19. The van der Waals surface area contributed by atoms with Gasteiger partial charge in [-0.3, -0.25) is 4.98 Å². The number of aromatic nitrogens is 1. The van der Waals surface area contributed by atoms with Crippen LogP contribution in [0.1, 0.15) is 58.9 Å². The van der Waals surface area contributed by atoms with Gasteiger partial charge < -0.3 is 4.74 Å². The third kappa shape index (κ3) is 6.28. The highest BCUT2D eigenvalue weighted by Gasteiger charge is 2.09. The first-order chi connectivity index (χ1) is 14.7. The van der Waals surface area contributed by atoms with Gasteiger partial charge in [0.25, 0.3) is 0 Å². The molecule has 0 bridgehead atoms. The first kappa shape index (κ1) is 21.3. The van der Waals surface area contributed by atoms with Crippen LogP contribution in [0.2, 0.25) is 0 Å². The van der Waals surface area contributed by atoms with Crippen molar-refractivity contribution in [3.63, 3.8) is 0 Å². The molecule has 0 atom stereocenters. The molecule has 0 fully saturated rings. The summed E-state index contributed by atoms with van der Waals surface area (Å²) in [6, 6.07) is 21.0. The molecule has 1 aromatic heterocycles. The lowest BCUT2D eigenvalue weighted by atomic mass is 10.1. The van der Waals surface area contributed by atoms with E-state index in [0.717, 1.165) is 30.5 Å². The van der Waals surface area contributed by atoms with Gasteiger partial charge in [-0.05, 0) is 73.2 Å². The summed E-state index contributed by atoms with van der Waals surface area (Å²) in [5.41, 5.74) is 4.53. The second kappa shape index (κ2) is 10.9. The molecule has 0 aliphatic carbocycles. The molecule has 0 unspecified atom stereocenters. The van der Waals surface area contributed by atoms with E-state index in [1.54, 1.807) is 12.3 Å². The van der Waals surface area contributed by atoms with Crippen molar-refractivity contribution in [3.8, 4) is 11.8 Å². The zero-order valence-electron chi connectivity index (χ0n) is 17.3. The molecule has 4 heteroatoms. The summed E-state index contributed by atoms with van der Waals surface area (Å²) in [5.74, 6) is 0.0661. The van der Waals surface area contributed by atoms with Crippen LogP contribution in [0.4, 0.5) is 0 Å². The molecule has 0 N–H and O–H groups in total. The second-order valence-corrected chi connectivity index (χ2v) is 7.34. The molecule has 3 aromatic rings. The maximum atomic E-state index is 12.4. The molecule has 0 saturated heterocycles. The van der Waals surface area contributed by atoms with Crippen molar-refractivity contribution in [2.45, 2.75) is 45.4 Å². The number of esters is 1. The van der Waals surface area contributed by atoms with Gasteiger partial charge in [0.15, 0.2) is 0 Å². The molecule has 0 aliphatic rings. The third-order valence-electron chi connectivity index (χ3n) is 5.02. The summed E-state index contributed by atoms with van der Waals surface area (Å²) in [4.78, 5) is 16.8. The van der Waals surface area contributed by atoms with Gasteiger partial charge in [-0.2, -0.15) is 5.26 Å². The Morgan fingerprint density at radius 1 is 0.900 bits per heavy atom. The van der Waals surface area contributed by atoms with Gasteiger partial charge in [0, 0.05) is 5.69 Å². The lowest BCUT2D eigenvalue weighted by molar-refractivity contribution is 0.0734. The van der Waals surface area contributed by atoms with Crippen LogP contribution in [0.5, 0.6) is 5.75 Å². The van der Waals surface area contributed by atoms with Gasteiger partial charge in [-0.15, -0.1) is 0 Å². The highest BCUT2D eigenvalue weighted by atomic mass is 16.5. The van der Waals surface area contributed by atoms with Crippen LogP contribution < -0.4 is 4.74 Å². The highest BCUT2D eigenvalue weighted by molar-refractivity contribution is 5.91. The molecule has 30 heavy (non-hydrogen) atoms. The molecule has 4 nitrogen and oxygen atoms in total. The summed E-state index contributed by atoms with van der Waals surface area (Å²) in [6.45, 7) is 2.19. The van der Waals surface area contributed by atoms with Crippen LogP contribution in [0, 0.1) is 11.3 Å². The van der Waals surface area contributed by atoms with Crippen LogP contribution in [0.3, 0.4) is 0 Å². The average Bonchev–Trinajstić information content (AvgIpc) is 2.79. The number of carbonyl (C=O) groups is 1. The number of carbonyl (C=O) groups excluding carboxylic acids is 1. The number of nitrogens with zero attached hydrogens (tertiary/aromatic N) is 2. The Balaban J connectivity index is 1.50. The highest BCUT2D eigenvalue weighted by Crippen LogP contribution is 2.15. The summed E-state index contributed by atoms with van der Waals surface area (Å²) in [7, 11) is 0. The molecule has 0 saturated carbocycles. The lowest BCUT2D eigenvalue weighted by Crippen LogP contribution is -2.09. The maximum absolute atomic E-state index is 12.4. The normalized spacial score (nSPS) is 10.4. The van der Waals surface area contributed by atoms with Gasteiger partial charge >= 0.3 is 5.97 Å². The second-order valence-electron chi connectivity index (χ2n) is 7.34. The SMILES string of the molecule is CCCCCc1ccc(C(=O)Oc2ccc(CCc3ccc(C#N)cc3)nc2)cc1. The Hall–Kier alpha value is -3.45. The Kier molecular flexibility index (Phi) is 7.74. The van der Waals surface area contributed by atoms with Crippen molar-refractivity contribution in [3.05, 3.63) is 94.8 Å². The number of hydrogen-bond donors (Lipinski definition) is 0. The largest absolute Gasteiger partial charge is 0.421 e. The van der Waals surface area contributed by atoms with Crippen molar-refractivity contribution in [2.24, 2.45) is 0 Å². The minimum Gasteiger partial charge on any atom is -0.421 e. The number of pyridine rings is 1. The van der Waals surface area contributed by atoms with Gasteiger partial charge in [0.05, 0.1) is 23.4 Å². The van der Waals surface area contributed by atoms with E-state index in [4.69, 9.17) is 10.00 Å². The molecule has 152 valence electrons. The van der Waals surface area contributed by atoms with Crippen molar-refractivity contribution in [2.75, 3.05) is 0 Å². The lowest BCUT2D eigenvalue weighted by Gasteiger charge is -2.07. The molecule has 0 radical (unpaired) electrons. The minimum absolute atomic E-state index is 0.373. The molecule has 3 rings (SSSR count). The van der Waals surface area contributed by atoms with E-state index in [-0.39, 0.29) is 5.97 Å². The van der Waals surface area contributed by atoms with E-state index in [1.165, 1.54) is 24.8 Å². The standard InChI is InChI=1S/C26H26N2O2/c1-2-3-4-5-20-10-13-23(14-11-20)26(29)30-25-17-16-24(28-19-25)15-12-21-6-8-22(18-27)9-7-21/h6-11,13-14,16-17,19H,2-5,12,15H2,1H3. The summed E-state index contributed by atoms with van der Waals surface area (Å²) in [5, 5.41) is 8.85. The van der Waals surface area contributed by atoms with E-state index in [9.17, 15) is 4.79 Å². The Morgan fingerprint density at radius 3 is 2.23 bits per heavy atom. The van der Waals surface area contributed by atoms with Crippen LogP contribution in [0.25, 0.3) is 0 Å². The summed E-state index contributed by atoms with van der Waals surface area (Å²) < 4.78 is 5.45. The van der Waals surface area contributed by atoms with E-state index in [1.807, 2.05) is 54.6 Å². The predicted molar refractivity (Wildman–Crippen MR) is 117 cm³/mol. The van der Waals surface area contributed by atoms with Gasteiger partial charge in [-0.1, -0.05) is 44.0 Å². The Morgan fingerprint density at radius 2 is 1.60 bits per heavy atom. The van der Waals surface area contributed by atoms with Crippen molar-refractivity contribution < 1.29 is 9.53 Å². The van der Waals surface area contributed by atoms with Crippen LogP contribution in [-0.4, -0.2) is 11.0 Å². The van der Waals surface area contributed by atoms with Crippen molar-refractivity contribution in [1.29, 1.82) is 5.26 Å². The van der Waals surface area contributed by atoms with E-state index < -0.39 is 0 Å². The monoisotopic (exact) mass is 398 g/mol. The van der Waals surface area contributed by atoms with Crippen LogP contribution >= 0.6 is 0 Å². The number of benzene rings is 2. The van der Waals surface area contributed by atoms with Gasteiger partial charge in [0.1, 0.15) is 5.75 Å². The molecule has 2 aromatic carbocycles. The Labute approximate surface area is 178 Å². The fourth-order valence-electron chi connectivity index (χ4n) is 3.19. The summed E-state index contributed by atoms with van der Waals surface area (Å²) in [6.07, 6.45) is 7.83. The number of rotatable bonds is 9. The molecular formula is C26H26N2O2. The first-order valence-corrected chi connectivity index (χ1v) is 10.4. The van der Waals surface area contributed by atoms with Crippen molar-refractivity contribution >= 4 is 5.97 Å². The van der Waals surface area contributed by atoms with E-state index >= 15 is 0 Å². The van der Waals surface area contributed by atoms with E-state index in [0.29, 0.717) is 16.9 Å². The molecule has 1 heterocycles. The zero-order valence-corrected chi connectivity index (χ0v) is 17.3. The first-order valence-electron chi connectivity index (χ1n) is 10.4. The number of nitriles is 1. The number of aryl methyl sites for hydroxylation is 3. The third-order valence-corrected chi connectivity index (χ3v) is 5.02. The predicted octanol–water partition coefficient (Wildman–Crippen LogP) is 5.69. The van der Waals surface area contributed by atoms with Crippen LogP contribution in [0.15, 0.2) is 66.9 Å². The maximum Gasteiger partial charge on any atom is 0.343 e. The van der Waals surface area contributed by atoms with Crippen LogP contribution in [-0.2, 0) is 19.3 Å². The summed E-state index contributed by atoms with van der Waals surface area (Å²) >= 11 is 0. The zero-order chi connectivity index (χ0) is 21.2. The molecule has 0 aliphatic heterocycles. The number of ether oxygens (including phenoxy) is 1. The average molecular weight is 399 g/mol. The number of unbranched alkanes of at least 4 members (excludes halogenated alkanes) is 2.